The highest BCUT2D eigenvalue weighted by Crippen LogP contribution is 2.24. The van der Waals surface area contributed by atoms with Gasteiger partial charge in [0.05, 0.1) is 11.0 Å². The van der Waals surface area contributed by atoms with Gasteiger partial charge in [0, 0.05) is 25.5 Å². The van der Waals surface area contributed by atoms with Gasteiger partial charge in [-0.2, -0.15) is 5.10 Å². The summed E-state index contributed by atoms with van der Waals surface area (Å²) >= 11 is 0. The van der Waals surface area contributed by atoms with E-state index in [-0.39, 0.29) is 0 Å². The first kappa shape index (κ1) is 10.8. The minimum atomic E-state index is 0.754. The molecule has 3 rings (SSSR count). The maximum absolute atomic E-state index is 5.84. The second-order valence-electron chi connectivity index (χ2n) is 4.30. The molecule has 2 aromatic heterocycles. The fourth-order valence-corrected chi connectivity index (χ4v) is 2.19. The number of nitrogen functional groups attached to an aromatic ring is 1. The van der Waals surface area contributed by atoms with Gasteiger partial charge in [0.1, 0.15) is 5.69 Å². The van der Waals surface area contributed by atoms with E-state index in [4.69, 9.17) is 5.73 Å². The van der Waals surface area contributed by atoms with Crippen LogP contribution in [0.1, 0.15) is 6.92 Å². The SMILES string of the molecule is CCn1c(-c2ccn(C)n2)nc2ccc(N)cc21. The third-order valence-electron chi connectivity index (χ3n) is 3.03. The molecule has 5 nitrogen and oxygen atoms in total. The van der Waals surface area contributed by atoms with Crippen LogP contribution in [0.3, 0.4) is 0 Å². The second-order valence-corrected chi connectivity index (χ2v) is 4.30. The number of rotatable bonds is 2. The molecule has 0 fully saturated rings. The Morgan fingerprint density at radius 2 is 2.11 bits per heavy atom. The number of aryl methyl sites for hydroxylation is 2. The molecule has 0 unspecified atom stereocenters. The van der Waals surface area contributed by atoms with Crippen LogP contribution in [0.5, 0.6) is 0 Å². The van der Waals surface area contributed by atoms with Gasteiger partial charge in [-0.25, -0.2) is 4.98 Å². The van der Waals surface area contributed by atoms with E-state index in [9.17, 15) is 0 Å². The molecule has 0 radical (unpaired) electrons. The Kier molecular flexibility index (Phi) is 2.33. The highest BCUT2D eigenvalue weighted by molar-refractivity contribution is 5.82. The van der Waals surface area contributed by atoms with E-state index < -0.39 is 0 Å². The minimum Gasteiger partial charge on any atom is -0.399 e. The van der Waals surface area contributed by atoms with E-state index in [1.165, 1.54) is 0 Å². The molecule has 2 N–H and O–H groups in total. The third-order valence-corrected chi connectivity index (χ3v) is 3.03. The zero-order valence-corrected chi connectivity index (χ0v) is 10.5. The first-order chi connectivity index (χ1) is 8.69. The van der Waals surface area contributed by atoms with Gasteiger partial charge in [0.2, 0.25) is 0 Å². The van der Waals surface area contributed by atoms with Crippen molar-refractivity contribution in [1.82, 2.24) is 19.3 Å². The summed E-state index contributed by atoms with van der Waals surface area (Å²) in [5.74, 6) is 0.888. The van der Waals surface area contributed by atoms with Gasteiger partial charge < -0.3 is 10.3 Å². The van der Waals surface area contributed by atoms with Crippen molar-refractivity contribution in [2.45, 2.75) is 13.5 Å². The van der Waals surface area contributed by atoms with Crippen LogP contribution in [0.15, 0.2) is 30.5 Å². The molecule has 0 aliphatic carbocycles. The molecule has 0 aliphatic rings. The van der Waals surface area contributed by atoms with Gasteiger partial charge in [-0.05, 0) is 31.2 Å². The monoisotopic (exact) mass is 241 g/mol. The number of hydrogen-bond donors (Lipinski definition) is 1. The van der Waals surface area contributed by atoms with E-state index in [1.807, 2.05) is 37.5 Å². The average Bonchev–Trinajstić information content (AvgIpc) is 2.91. The number of hydrogen-bond acceptors (Lipinski definition) is 3. The highest BCUT2D eigenvalue weighted by Gasteiger charge is 2.13. The highest BCUT2D eigenvalue weighted by atomic mass is 15.3. The fraction of sp³-hybridized carbons (Fsp3) is 0.231. The Morgan fingerprint density at radius 1 is 1.28 bits per heavy atom. The van der Waals surface area contributed by atoms with E-state index in [0.717, 1.165) is 34.8 Å². The molecule has 0 aliphatic heterocycles. The quantitative estimate of drug-likeness (QED) is 0.698. The van der Waals surface area contributed by atoms with E-state index in [0.29, 0.717) is 0 Å². The van der Waals surface area contributed by atoms with Gasteiger partial charge in [0.15, 0.2) is 5.82 Å². The lowest BCUT2D eigenvalue weighted by Gasteiger charge is -2.03. The van der Waals surface area contributed by atoms with Gasteiger partial charge in [-0.15, -0.1) is 0 Å². The number of imidazole rings is 1. The lowest BCUT2D eigenvalue weighted by molar-refractivity contribution is 0.754. The summed E-state index contributed by atoms with van der Waals surface area (Å²) in [5.41, 5.74) is 9.48. The van der Waals surface area contributed by atoms with Crippen molar-refractivity contribution in [3.05, 3.63) is 30.5 Å². The van der Waals surface area contributed by atoms with E-state index >= 15 is 0 Å². The molecule has 0 spiro atoms. The van der Waals surface area contributed by atoms with Gasteiger partial charge >= 0.3 is 0 Å². The summed E-state index contributed by atoms with van der Waals surface area (Å²) in [4.78, 5) is 4.64. The molecule has 3 aromatic rings. The molecule has 5 heteroatoms. The number of anilines is 1. The van der Waals surface area contributed by atoms with Crippen molar-refractivity contribution in [2.75, 3.05) is 5.73 Å². The molecule has 0 bridgehead atoms. The first-order valence-corrected chi connectivity index (χ1v) is 5.95. The molecular formula is C13H15N5. The summed E-state index contributed by atoms with van der Waals surface area (Å²) in [6.07, 6.45) is 1.92. The van der Waals surface area contributed by atoms with Crippen molar-refractivity contribution in [3.63, 3.8) is 0 Å². The lowest BCUT2D eigenvalue weighted by Crippen LogP contribution is -1.99. The Balaban J connectivity index is 2.29. The molecule has 2 heterocycles. The Bertz CT molecular complexity index is 707. The van der Waals surface area contributed by atoms with E-state index in [1.54, 1.807) is 4.68 Å². The molecule has 0 amide bonds. The van der Waals surface area contributed by atoms with Crippen LogP contribution >= 0.6 is 0 Å². The molecule has 0 atom stereocenters. The van der Waals surface area contributed by atoms with Gasteiger partial charge in [0.25, 0.3) is 0 Å². The Hall–Kier alpha value is -2.30. The Labute approximate surface area is 105 Å². The molecule has 92 valence electrons. The molecule has 0 saturated carbocycles. The van der Waals surface area contributed by atoms with Crippen molar-refractivity contribution in [2.24, 2.45) is 7.05 Å². The smallest absolute Gasteiger partial charge is 0.161 e. The topological polar surface area (TPSA) is 61.7 Å². The normalized spacial score (nSPS) is 11.2. The number of aromatic nitrogens is 4. The van der Waals surface area contributed by atoms with Gasteiger partial charge in [-0.1, -0.05) is 0 Å². The van der Waals surface area contributed by atoms with Crippen LogP contribution in [0.4, 0.5) is 5.69 Å². The number of nitrogens with two attached hydrogens (primary N) is 1. The molecule has 1 aromatic carbocycles. The molecule has 18 heavy (non-hydrogen) atoms. The third kappa shape index (κ3) is 1.55. The average molecular weight is 241 g/mol. The largest absolute Gasteiger partial charge is 0.399 e. The summed E-state index contributed by atoms with van der Waals surface area (Å²) in [5, 5.41) is 4.41. The maximum atomic E-state index is 5.84. The van der Waals surface area contributed by atoms with Crippen LogP contribution in [-0.2, 0) is 13.6 Å². The summed E-state index contributed by atoms with van der Waals surface area (Å²) < 4.78 is 3.91. The van der Waals surface area contributed by atoms with Crippen molar-refractivity contribution in [3.8, 4) is 11.5 Å². The summed E-state index contributed by atoms with van der Waals surface area (Å²) in [6, 6.07) is 7.75. The predicted molar refractivity (Wildman–Crippen MR) is 72.0 cm³/mol. The number of fused-ring (bicyclic) bond motifs is 1. The van der Waals surface area contributed by atoms with Crippen molar-refractivity contribution >= 4 is 16.7 Å². The van der Waals surface area contributed by atoms with Crippen LogP contribution in [0, 0.1) is 0 Å². The predicted octanol–water partition coefficient (Wildman–Crippen LogP) is 2.04. The summed E-state index contributed by atoms with van der Waals surface area (Å²) in [6.45, 7) is 2.93. The van der Waals surface area contributed by atoms with Crippen LogP contribution in [0.2, 0.25) is 0 Å². The van der Waals surface area contributed by atoms with Crippen LogP contribution in [0.25, 0.3) is 22.6 Å². The van der Waals surface area contributed by atoms with E-state index in [2.05, 4.69) is 21.6 Å². The molecular weight excluding hydrogens is 226 g/mol. The van der Waals surface area contributed by atoms with Crippen molar-refractivity contribution < 1.29 is 0 Å². The van der Waals surface area contributed by atoms with Gasteiger partial charge in [-0.3, -0.25) is 4.68 Å². The lowest BCUT2D eigenvalue weighted by atomic mass is 10.3. The summed E-state index contributed by atoms with van der Waals surface area (Å²) in [7, 11) is 1.90. The zero-order valence-electron chi connectivity index (χ0n) is 10.5. The zero-order chi connectivity index (χ0) is 12.7. The molecule has 0 saturated heterocycles. The van der Waals surface area contributed by atoms with Crippen molar-refractivity contribution in [1.29, 1.82) is 0 Å². The number of nitrogens with zero attached hydrogens (tertiary/aromatic N) is 4. The second kappa shape index (κ2) is 3.87. The number of benzene rings is 1. The maximum Gasteiger partial charge on any atom is 0.161 e. The fourth-order valence-electron chi connectivity index (χ4n) is 2.19. The van der Waals surface area contributed by atoms with Crippen LogP contribution in [-0.4, -0.2) is 19.3 Å². The minimum absolute atomic E-state index is 0.754. The van der Waals surface area contributed by atoms with Crippen LogP contribution < -0.4 is 5.73 Å². The Morgan fingerprint density at radius 3 is 2.78 bits per heavy atom. The first-order valence-electron chi connectivity index (χ1n) is 5.95. The standard InChI is InChI=1S/C13H15N5/c1-3-18-12-8-9(14)4-5-10(12)15-13(18)11-6-7-17(2)16-11/h4-8H,3,14H2,1-2H3.